The van der Waals surface area contributed by atoms with Gasteiger partial charge in [0.15, 0.2) is 0 Å². The predicted octanol–water partition coefficient (Wildman–Crippen LogP) is 7.46. The van der Waals surface area contributed by atoms with Crippen molar-refractivity contribution in [3.8, 4) is 0 Å². The van der Waals surface area contributed by atoms with E-state index < -0.39 is 0 Å². The molecule has 190 valence electrons. The van der Waals surface area contributed by atoms with Gasteiger partial charge in [-0.15, -0.1) is 5.10 Å². The van der Waals surface area contributed by atoms with E-state index in [0.29, 0.717) is 0 Å². The van der Waals surface area contributed by atoms with Crippen molar-refractivity contribution in [3.63, 3.8) is 0 Å². The minimum absolute atomic E-state index is 0.237. The second-order valence-electron chi connectivity index (χ2n) is 10.7. The normalized spacial score (nSPS) is 25.5. The van der Waals surface area contributed by atoms with Gasteiger partial charge < -0.3 is 8.94 Å². The molecule has 0 bridgehead atoms. The number of nitrogens with zero attached hydrogens (tertiary/aromatic N) is 3. The predicted molar refractivity (Wildman–Crippen MR) is 143 cm³/mol. The molecule has 2 atom stereocenters. The highest BCUT2D eigenvalue weighted by atomic mass is 16.5. The third-order valence-corrected chi connectivity index (χ3v) is 8.58. The minimum atomic E-state index is -0.332. The molecule has 2 fully saturated rings. The lowest BCUT2D eigenvalue weighted by atomic mass is 9.70. The van der Waals surface area contributed by atoms with Crippen molar-refractivity contribution in [3.05, 3.63) is 60.0 Å². The van der Waals surface area contributed by atoms with Crippen molar-refractivity contribution in [1.29, 1.82) is 0 Å². The van der Waals surface area contributed by atoms with Gasteiger partial charge in [-0.25, -0.2) is 5.01 Å². The summed E-state index contributed by atoms with van der Waals surface area (Å²) < 4.78 is 11.8. The maximum absolute atomic E-state index is 6.35. The van der Waals surface area contributed by atoms with Crippen LogP contribution in [0.1, 0.15) is 94.2 Å². The summed E-state index contributed by atoms with van der Waals surface area (Å²) in [6.45, 7) is 2.00. The zero-order valence-corrected chi connectivity index (χ0v) is 21.3. The van der Waals surface area contributed by atoms with Crippen LogP contribution in [0.2, 0.25) is 0 Å². The number of furan rings is 1. The van der Waals surface area contributed by atoms with E-state index in [0.717, 1.165) is 42.8 Å². The number of rotatable bonds is 3. The first-order chi connectivity index (χ1) is 17.9. The van der Waals surface area contributed by atoms with Crippen LogP contribution >= 0.6 is 0 Å². The Balaban J connectivity index is 1.58. The molecular formula is C30H38N4O2. The first-order valence-corrected chi connectivity index (χ1v) is 14.1. The van der Waals surface area contributed by atoms with Gasteiger partial charge in [0, 0.05) is 35.1 Å². The average Bonchev–Trinajstić information content (AvgIpc) is 3.60. The Hall–Kier alpha value is -2.70. The summed E-state index contributed by atoms with van der Waals surface area (Å²) in [5, 5.41) is 13.7. The zero-order chi connectivity index (χ0) is 24.2. The Morgan fingerprint density at radius 3 is 2.56 bits per heavy atom. The Labute approximate surface area is 213 Å². The maximum Gasteiger partial charge on any atom is 0.149 e. The number of aromatic nitrogens is 2. The summed E-state index contributed by atoms with van der Waals surface area (Å²) in [5.41, 5.74) is 7.83. The molecule has 36 heavy (non-hydrogen) atoms. The quantitative estimate of drug-likeness (QED) is 0.324. The molecule has 6 heteroatoms. The van der Waals surface area contributed by atoms with Crippen LogP contribution < -0.4 is 5.43 Å². The standard InChI is InChI=1S/C30H38N4O2/c1-3-7-16-25(23-15-13-18-27-29(23)24-14-8-9-17-26(24)36-27)30(19-10-4-1,28-22-35-33-32-28)34-21-12-6-2-5-11-20-31-34/h8-9,13-15,17-18,22,25,31H,1-7,10-12,16,19-21H2. The van der Waals surface area contributed by atoms with Crippen LogP contribution in [0.5, 0.6) is 0 Å². The van der Waals surface area contributed by atoms with Gasteiger partial charge in [-0.1, -0.05) is 81.7 Å². The summed E-state index contributed by atoms with van der Waals surface area (Å²) in [6.07, 6.45) is 16.4. The fraction of sp³-hybridized carbons (Fsp3) is 0.533. The van der Waals surface area contributed by atoms with Gasteiger partial charge in [-0.2, -0.15) is 0 Å². The smallest absolute Gasteiger partial charge is 0.149 e. The molecule has 0 radical (unpaired) electrons. The number of nitrogens with one attached hydrogen (secondary N) is 1. The lowest BCUT2D eigenvalue weighted by Gasteiger charge is -2.48. The highest BCUT2D eigenvalue weighted by molar-refractivity contribution is 6.07. The lowest BCUT2D eigenvalue weighted by Crippen LogP contribution is -2.57. The molecule has 6 nitrogen and oxygen atoms in total. The van der Waals surface area contributed by atoms with E-state index in [1.165, 1.54) is 80.5 Å². The number of benzene rings is 2. The summed E-state index contributed by atoms with van der Waals surface area (Å²) in [4.78, 5) is 0. The fourth-order valence-electron chi connectivity index (χ4n) is 6.87. The Morgan fingerprint density at radius 2 is 1.64 bits per heavy atom. The Kier molecular flexibility index (Phi) is 7.06. The van der Waals surface area contributed by atoms with Crippen molar-refractivity contribution >= 4 is 21.9 Å². The molecule has 1 N–H and O–H groups in total. The van der Waals surface area contributed by atoms with E-state index in [4.69, 9.17) is 8.94 Å². The van der Waals surface area contributed by atoms with Gasteiger partial charge in [0.2, 0.25) is 0 Å². The van der Waals surface area contributed by atoms with E-state index >= 15 is 0 Å². The molecule has 0 spiro atoms. The summed E-state index contributed by atoms with van der Waals surface area (Å²) in [5.74, 6) is 0.237. The molecule has 2 aromatic heterocycles. The van der Waals surface area contributed by atoms with Gasteiger partial charge in [0.05, 0.1) is 5.54 Å². The van der Waals surface area contributed by atoms with Gasteiger partial charge in [0.25, 0.3) is 0 Å². The molecule has 1 saturated carbocycles. The first kappa shape index (κ1) is 23.7. The van der Waals surface area contributed by atoms with Crippen LogP contribution in [0.15, 0.2) is 57.7 Å². The van der Waals surface area contributed by atoms with Gasteiger partial charge >= 0.3 is 0 Å². The number of hydrogen-bond donors (Lipinski definition) is 1. The topological polar surface area (TPSA) is 67.3 Å². The van der Waals surface area contributed by atoms with Crippen molar-refractivity contribution in [1.82, 2.24) is 20.8 Å². The van der Waals surface area contributed by atoms with Crippen molar-refractivity contribution in [2.24, 2.45) is 0 Å². The molecule has 6 rings (SSSR count). The summed E-state index contributed by atoms with van der Waals surface area (Å²) in [6, 6.07) is 15.1. The molecule has 2 unspecified atom stereocenters. The molecule has 1 saturated heterocycles. The highest BCUT2D eigenvalue weighted by Gasteiger charge is 2.49. The average molecular weight is 487 g/mol. The third-order valence-electron chi connectivity index (χ3n) is 8.58. The summed E-state index contributed by atoms with van der Waals surface area (Å²) in [7, 11) is 0. The van der Waals surface area contributed by atoms with E-state index in [2.05, 4.69) is 63.3 Å². The molecule has 1 aliphatic carbocycles. The molecule has 0 amide bonds. The van der Waals surface area contributed by atoms with Crippen molar-refractivity contribution < 1.29 is 8.94 Å². The van der Waals surface area contributed by atoms with Crippen LogP contribution in [-0.2, 0) is 5.54 Å². The van der Waals surface area contributed by atoms with Crippen LogP contribution in [-0.4, -0.2) is 28.5 Å². The minimum Gasteiger partial charge on any atom is -0.456 e. The molecular weight excluding hydrogens is 448 g/mol. The Bertz CT molecular complexity index is 1260. The van der Waals surface area contributed by atoms with Crippen molar-refractivity contribution in [2.45, 2.75) is 88.5 Å². The fourth-order valence-corrected chi connectivity index (χ4v) is 6.87. The first-order valence-electron chi connectivity index (χ1n) is 14.1. The van der Waals surface area contributed by atoms with E-state index in [1.807, 2.05) is 6.26 Å². The summed E-state index contributed by atoms with van der Waals surface area (Å²) >= 11 is 0. The SMILES string of the molecule is c1ccc2c(c1)oc1cccc(C3CCCCCCCC3(c3conn3)N3CCCCCCCN3)c12. The second-order valence-corrected chi connectivity index (χ2v) is 10.7. The van der Waals surface area contributed by atoms with Gasteiger partial charge in [-0.3, -0.25) is 5.43 Å². The molecule has 3 heterocycles. The lowest BCUT2D eigenvalue weighted by molar-refractivity contribution is -0.00759. The van der Waals surface area contributed by atoms with Gasteiger partial charge in [-0.05, 0) is 43.4 Å². The van der Waals surface area contributed by atoms with Crippen LogP contribution in [0.25, 0.3) is 21.9 Å². The maximum atomic E-state index is 6.35. The number of para-hydroxylation sites is 1. The number of hydrazine groups is 1. The van der Waals surface area contributed by atoms with Crippen LogP contribution in [0, 0.1) is 0 Å². The highest BCUT2D eigenvalue weighted by Crippen LogP contribution is 2.50. The van der Waals surface area contributed by atoms with Crippen molar-refractivity contribution in [2.75, 3.05) is 13.1 Å². The van der Waals surface area contributed by atoms with Crippen LogP contribution in [0.4, 0.5) is 0 Å². The Morgan fingerprint density at radius 1 is 0.833 bits per heavy atom. The molecule has 2 aliphatic rings. The number of fused-ring (bicyclic) bond motifs is 3. The number of hydrogen-bond acceptors (Lipinski definition) is 6. The molecule has 4 aromatic rings. The van der Waals surface area contributed by atoms with E-state index in [-0.39, 0.29) is 11.5 Å². The van der Waals surface area contributed by atoms with E-state index in [9.17, 15) is 0 Å². The molecule has 2 aromatic carbocycles. The largest absolute Gasteiger partial charge is 0.456 e. The van der Waals surface area contributed by atoms with Crippen LogP contribution in [0.3, 0.4) is 0 Å². The second kappa shape index (κ2) is 10.7. The van der Waals surface area contributed by atoms with Gasteiger partial charge in [0.1, 0.15) is 23.1 Å². The monoisotopic (exact) mass is 486 g/mol. The molecule has 1 aliphatic heterocycles. The third kappa shape index (κ3) is 4.35. The zero-order valence-electron chi connectivity index (χ0n) is 21.3. The van der Waals surface area contributed by atoms with E-state index in [1.54, 1.807) is 0 Å².